The van der Waals surface area contributed by atoms with E-state index in [1.54, 1.807) is 24.3 Å². The Morgan fingerprint density at radius 3 is 2.85 bits per heavy atom. The third-order valence-electron chi connectivity index (χ3n) is 3.15. The van der Waals surface area contributed by atoms with Gasteiger partial charge in [-0.2, -0.15) is 0 Å². The van der Waals surface area contributed by atoms with E-state index in [-0.39, 0.29) is 23.9 Å². The van der Waals surface area contributed by atoms with Crippen LogP contribution in [0.1, 0.15) is 5.56 Å². The van der Waals surface area contributed by atoms with Gasteiger partial charge in [-0.15, -0.1) is 0 Å². The molecule has 2 aromatic rings. The number of anilines is 1. The summed E-state index contributed by atoms with van der Waals surface area (Å²) in [5, 5.41) is 12.0. The minimum absolute atomic E-state index is 0.0419. The number of hydrogen-bond acceptors (Lipinski definition) is 3. The van der Waals surface area contributed by atoms with E-state index < -0.39 is 6.10 Å². The molecular formula is C15H12FNO3. The molecule has 102 valence electrons. The van der Waals surface area contributed by atoms with E-state index in [2.05, 4.69) is 5.32 Å². The molecule has 4 nitrogen and oxygen atoms in total. The number of carbonyl (C=O) groups is 1. The first kappa shape index (κ1) is 12.5. The van der Waals surface area contributed by atoms with Crippen LogP contribution in [0, 0.1) is 5.82 Å². The summed E-state index contributed by atoms with van der Waals surface area (Å²) >= 11 is 0. The molecule has 0 saturated heterocycles. The summed E-state index contributed by atoms with van der Waals surface area (Å²) in [4.78, 5) is 11.9. The molecule has 20 heavy (non-hydrogen) atoms. The molecule has 0 spiro atoms. The first-order valence-electron chi connectivity index (χ1n) is 6.17. The number of phenols is 1. The zero-order valence-electron chi connectivity index (χ0n) is 10.5. The third kappa shape index (κ3) is 2.30. The fourth-order valence-corrected chi connectivity index (χ4v) is 2.14. The van der Waals surface area contributed by atoms with Gasteiger partial charge in [0, 0.05) is 12.5 Å². The molecule has 1 aliphatic heterocycles. The number of phenolic OH excluding ortho intramolecular Hbond substituents is 1. The highest BCUT2D eigenvalue weighted by Crippen LogP contribution is 2.33. The summed E-state index contributed by atoms with van der Waals surface area (Å²) in [7, 11) is 0. The minimum atomic E-state index is -0.788. The van der Waals surface area contributed by atoms with Crippen molar-refractivity contribution in [1.29, 1.82) is 0 Å². The van der Waals surface area contributed by atoms with Crippen LogP contribution < -0.4 is 10.1 Å². The lowest BCUT2D eigenvalue weighted by molar-refractivity contribution is -0.123. The van der Waals surface area contributed by atoms with E-state index in [9.17, 15) is 14.3 Å². The molecule has 2 aromatic carbocycles. The van der Waals surface area contributed by atoms with Crippen LogP contribution in [-0.2, 0) is 11.2 Å². The average Bonchev–Trinajstić information content (AvgIpc) is 2.42. The van der Waals surface area contributed by atoms with Crippen molar-refractivity contribution in [2.24, 2.45) is 0 Å². The largest absolute Gasteiger partial charge is 0.508 e. The van der Waals surface area contributed by atoms with Gasteiger partial charge in [-0.1, -0.05) is 18.2 Å². The van der Waals surface area contributed by atoms with E-state index in [0.717, 1.165) is 0 Å². The van der Waals surface area contributed by atoms with Gasteiger partial charge < -0.3 is 15.2 Å². The summed E-state index contributed by atoms with van der Waals surface area (Å²) in [6, 6.07) is 10.7. The molecule has 1 amide bonds. The summed E-state index contributed by atoms with van der Waals surface area (Å²) in [6.45, 7) is 0. The van der Waals surface area contributed by atoms with Gasteiger partial charge in [-0.3, -0.25) is 4.79 Å². The van der Waals surface area contributed by atoms with Crippen LogP contribution in [-0.4, -0.2) is 17.1 Å². The highest BCUT2D eigenvalue weighted by molar-refractivity contribution is 5.98. The molecule has 0 bridgehead atoms. The molecule has 0 aliphatic carbocycles. The molecule has 0 unspecified atom stereocenters. The zero-order chi connectivity index (χ0) is 14.1. The number of fused-ring (bicyclic) bond motifs is 1. The van der Waals surface area contributed by atoms with Crippen molar-refractivity contribution in [2.45, 2.75) is 12.5 Å². The summed E-state index contributed by atoms with van der Waals surface area (Å²) in [6.07, 6.45) is -0.636. The minimum Gasteiger partial charge on any atom is -0.508 e. The van der Waals surface area contributed by atoms with Crippen LogP contribution in [0.2, 0.25) is 0 Å². The van der Waals surface area contributed by atoms with Gasteiger partial charge >= 0.3 is 0 Å². The maximum absolute atomic E-state index is 13.6. The number of ether oxygens (including phenoxy) is 1. The topological polar surface area (TPSA) is 58.6 Å². The van der Waals surface area contributed by atoms with Crippen molar-refractivity contribution < 1.29 is 19.0 Å². The van der Waals surface area contributed by atoms with E-state index in [4.69, 9.17) is 4.74 Å². The predicted molar refractivity (Wildman–Crippen MR) is 71.3 cm³/mol. The second-order valence-electron chi connectivity index (χ2n) is 4.57. The van der Waals surface area contributed by atoms with Gasteiger partial charge in [-0.05, 0) is 23.8 Å². The smallest absolute Gasteiger partial charge is 0.265 e. The lowest BCUT2D eigenvalue weighted by Gasteiger charge is -2.26. The van der Waals surface area contributed by atoms with Crippen molar-refractivity contribution in [3.63, 3.8) is 0 Å². The second-order valence-corrected chi connectivity index (χ2v) is 4.57. The molecule has 3 rings (SSSR count). The monoisotopic (exact) mass is 273 g/mol. The number of benzene rings is 2. The summed E-state index contributed by atoms with van der Waals surface area (Å²) in [5.74, 6) is -0.212. The maximum atomic E-state index is 13.6. The Balaban J connectivity index is 1.84. The number of halogens is 1. The van der Waals surface area contributed by atoms with Crippen molar-refractivity contribution in [3.05, 3.63) is 53.8 Å². The Morgan fingerprint density at radius 1 is 1.25 bits per heavy atom. The molecule has 0 aromatic heterocycles. The zero-order valence-corrected chi connectivity index (χ0v) is 10.5. The number of carbonyl (C=O) groups excluding carboxylic acids is 1. The SMILES string of the molecule is O=C1Nc2cc(O)ccc2O[C@H]1Cc1ccccc1F. The van der Waals surface area contributed by atoms with E-state index in [1.807, 2.05) is 0 Å². The number of hydrogen-bond donors (Lipinski definition) is 2. The van der Waals surface area contributed by atoms with Gasteiger partial charge in [0.2, 0.25) is 0 Å². The molecule has 1 atom stereocenters. The fraction of sp³-hybridized carbons (Fsp3) is 0.133. The van der Waals surface area contributed by atoms with Crippen molar-refractivity contribution >= 4 is 11.6 Å². The molecule has 5 heteroatoms. The number of rotatable bonds is 2. The van der Waals surface area contributed by atoms with Crippen LogP contribution in [0.15, 0.2) is 42.5 Å². The second kappa shape index (κ2) is 4.85. The molecule has 1 aliphatic rings. The van der Waals surface area contributed by atoms with Crippen LogP contribution in [0.3, 0.4) is 0 Å². The van der Waals surface area contributed by atoms with Gasteiger partial charge in [-0.25, -0.2) is 4.39 Å². The van der Waals surface area contributed by atoms with Crippen LogP contribution in [0.4, 0.5) is 10.1 Å². The van der Waals surface area contributed by atoms with Gasteiger partial charge in [0.1, 0.15) is 17.3 Å². The summed E-state index contributed by atoms with van der Waals surface area (Å²) in [5.41, 5.74) is 0.842. The predicted octanol–water partition coefficient (Wildman–Crippen LogP) is 2.47. The average molecular weight is 273 g/mol. The summed E-state index contributed by atoms with van der Waals surface area (Å²) < 4.78 is 19.2. The first-order valence-corrected chi connectivity index (χ1v) is 6.17. The van der Waals surface area contributed by atoms with Gasteiger partial charge in [0.25, 0.3) is 5.91 Å². The van der Waals surface area contributed by atoms with E-state index in [1.165, 1.54) is 18.2 Å². The van der Waals surface area contributed by atoms with Crippen molar-refractivity contribution in [3.8, 4) is 11.5 Å². The van der Waals surface area contributed by atoms with Crippen LogP contribution in [0.5, 0.6) is 11.5 Å². The molecule has 1 heterocycles. The Bertz CT molecular complexity index is 672. The standard InChI is InChI=1S/C15H12FNO3/c16-11-4-2-1-3-9(11)7-14-15(19)17-12-8-10(18)5-6-13(12)20-14/h1-6,8,14,18H,7H2,(H,17,19)/t14-/m0/s1. The van der Waals surface area contributed by atoms with Crippen molar-refractivity contribution in [2.75, 3.05) is 5.32 Å². The highest BCUT2D eigenvalue weighted by atomic mass is 19.1. The van der Waals surface area contributed by atoms with Crippen LogP contribution >= 0.6 is 0 Å². The molecule has 2 N–H and O–H groups in total. The third-order valence-corrected chi connectivity index (χ3v) is 3.15. The molecule has 0 saturated carbocycles. The number of amides is 1. The van der Waals surface area contributed by atoms with Gasteiger partial charge in [0.05, 0.1) is 5.69 Å². The van der Waals surface area contributed by atoms with Crippen molar-refractivity contribution in [1.82, 2.24) is 0 Å². The molecular weight excluding hydrogens is 261 g/mol. The quantitative estimate of drug-likeness (QED) is 0.883. The normalized spacial score (nSPS) is 17.1. The number of aromatic hydroxyl groups is 1. The maximum Gasteiger partial charge on any atom is 0.265 e. The Hall–Kier alpha value is -2.56. The first-order chi connectivity index (χ1) is 9.63. The molecule has 0 fully saturated rings. The van der Waals surface area contributed by atoms with E-state index in [0.29, 0.717) is 17.0 Å². The van der Waals surface area contributed by atoms with E-state index >= 15 is 0 Å². The highest BCUT2D eigenvalue weighted by Gasteiger charge is 2.28. The lowest BCUT2D eigenvalue weighted by atomic mass is 10.1. The Morgan fingerprint density at radius 2 is 2.05 bits per heavy atom. The fourth-order valence-electron chi connectivity index (χ4n) is 2.14. The number of nitrogens with one attached hydrogen (secondary N) is 1. The molecule has 0 radical (unpaired) electrons. The van der Waals surface area contributed by atoms with Gasteiger partial charge in [0.15, 0.2) is 6.10 Å². The Labute approximate surface area is 114 Å². The Kier molecular flexibility index (Phi) is 3.02. The van der Waals surface area contributed by atoms with Crippen LogP contribution in [0.25, 0.3) is 0 Å². The lowest BCUT2D eigenvalue weighted by Crippen LogP contribution is -2.38.